The quantitative estimate of drug-likeness (QED) is 0.449. The van der Waals surface area contributed by atoms with E-state index < -0.39 is 0 Å². The van der Waals surface area contributed by atoms with Crippen LogP contribution in [-0.2, 0) is 0 Å². The molecule has 2 amide bonds. The highest BCUT2D eigenvalue weighted by molar-refractivity contribution is 6.14. The average molecular weight is 394 g/mol. The van der Waals surface area contributed by atoms with E-state index in [1.54, 1.807) is 0 Å². The molecule has 4 aromatic carbocycles. The van der Waals surface area contributed by atoms with Gasteiger partial charge in [-0.15, -0.1) is 0 Å². The first-order valence-electron chi connectivity index (χ1n) is 9.80. The molecule has 0 aliphatic carbocycles. The Bertz CT molecular complexity index is 1160. The molecule has 0 atom stereocenters. The molecule has 0 saturated carbocycles. The minimum absolute atomic E-state index is 0.157. The van der Waals surface area contributed by atoms with Crippen LogP contribution in [0.1, 0.15) is 31.8 Å². The van der Waals surface area contributed by atoms with Gasteiger partial charge in [-0.3, -0.25) is 9.59 Å². The fourth-order valence-electron chi connectivity index (χ4n) is 3.56. The van der Waals surface area contributed by atoms with Crippen molar-refractivity contribution < 1.29 is 9.59 Å². The smallest absolute Gasteiger partial charge is 0.255 e. The lowest BCUT2D eigenvalue weighted by atomic mass is 10.0. The number of anilines is 2. The molecule has 0 aliphatic heterocycles. The van der Waals surface area contributed by atoms with Crippen molar-refractivity contribution in [2.24, 2.45) is 0 Å². The van der Waals surface area contributed by atoms with Gasteiger partial charge in [0.15, 0.2) is 0 Å². The summed E-state index contributed by atoms with van der Waals surface area (Å²) in [4.78, 5) is 25.6. The molecule has 2 N–H and O–H groups in total. The molecular formula is C26H22N2O2. The van der Waals surface area contributed by atoms with Crippen LogP contribution in [0.3, 0.4) is 0 Å². The van der Waals surface area contributed by atoms with Gasteiger partial charge in [0.2, 0.25) is 0 Å². The lowest BCUT2D eigenvalue weighted by Gasteiger charge is -2.14. The van der Waals surface area contributed by atoms with Crippen molar-refractivity contribution in [2.75, 3.05) is 10.6 Å². The number of aryl methyl sites for hydroxylation is 2. The zero-order chi connectivity index (χ0) is 21.1. The minimum atomic E-state index is -0.157. The molecule has 0 spiro atoms. The summed E-state index contributed by atoms with van der Waals surface area (Å²) in [6.45, 7) is 3.83. The lowest BCUT2D eigenvalue weighted by molar-refractivity contribution is 0.101. The Morgan fingerprint density at radius 1 is 0.533 bits per heavy atom. The summed E-state index contributed by atoms with van der Waals surface area (Å²) < 4.78 is 0. The number of benzene rings is 4. The largest absolute Gasteiger partial charge is 0.321 e. The molecular weight excluding hydrogens is 372 g/mol. The van der Waals surface area contributed by atoms with Crippen LogP contribution in [-0.4, -0.2) is 11.8 Å². The zero-order valence-corrected chi connectivity index (χ0v) is 16.9. The van der Waals surface area contributed by atoms with E-state index in [0.29, 0.717) is 22.5 Å². The predicted molar refractivity (Wildman–Crippen MR) is 122 cm³/mol. The van der Waals surface area contributed by atoms with Gasteiger partial charge in [-0.1, -0.05) is 60.7 Å². The van der Waals surface area contributed by atoms with E-state index >= 15 is 0 Å². The van der Waals surface area contributed by atoms with Gasteiger partial charge in [-0.2, -0.15) is 0 Å². The van der Waals surface area contributed by atoms with Crippen LogP contribution >= 0.6 is 0 Å². The third kappa shape index (κ3) is 3.80. The Kier molecular flexibility index (Phi) is 5.31. The highest BCUT2D eigenvalue weighted by atomic mass is 16.2. The first-order chi connectivity index (χ1) is 14.5. The fraction of sp³-hybridized carbons (Fsp3) is 0.0769. The molecule has 0 unspecified atom stereocenters. The maximum Gasteiger partial charge on any atom is 0.255 e. The molecule has 4 rings (SSSR count). The van der Waals surface area contributed by atoms with Gasteiger partial charge in [0.25, 0.3) is 11.8 Å². The summed E-state index contributed by atoms with van der Waals surface area (Å²) >= 11 is 0. The monoisotopic (exact) mass is 394 g/mol. The number of carbonyl (C=O) groups is 2. The molecule has 148 valence electrons. The number of amides is 2. The second-order valence-electron chi connectivity index (χ2n) is 7.24. The average Bonchev–Trinajstić information content (AvgIpc) is 2.75. The minimum Gasteiger partial charge on any atom is -0.321 e. The van der Waals surface area contributed by atoms with Gasteiger partial charge in [0, 0.05) is 33.3 Å². The van der Waals surface area contributed by atoms with Crippen LogP contribution in [0, 0.1) is 13.8 Å². The SMILES string of the molecule is Cc1ccccc1C(=O)Nc1cccc2c(NC(=O)c3ccccc3C)cccc12. The molecule has 0 saturated heterocycles. The highest BCUT2D eigenvalue weighted by Gasteiger charge is 2.13. The van der Waals surface area contributed by atoms with Crippen molar-refractivity contribution in [3.8, 4) is 0 Å². The second kappa shape index (κ2) is 8.21. The van der Waals surface area contributed by atoms with E-state index in [1.165, 1.54) is 0 Å². The number of hydrogen-bond acceptors (Lipinski definition) is 2. The van der Waals surface area contributed by atoms with E-state index in [4.69, 9.17) is 0 Å². The molecule has 4 nitrogen and oxygen atoms in total. The van der Waals surface area contributed by atoms with E-state index in [-0.39, 0.29) is 11.8 Å². The van der Waals surface area contributed by atoms with Crippen LogP contribution in [0.15, 0.2) is 84.9 Å². The normalized spacial score (nSPS) is 10.6. The number of fused-ring (bicyclic) bond motifs is 1. The maximum atomic E-state index is 12.8. The van der Waals surface area contributed by atoms with Crippen LogP contribution < -0.4 is 10.6 Å². The summed E-state index contributed by atoms with van der Waals surface area (Å²) in [5.41, 5.74) is 4.51. The number of nitrogens with one attached hydrogen (secondary N) is 2. The van der Waals surface area contributed by atoms with Gasteiger partial charge in [-0.05, 0) is 49.2 Å². The Morgan fingerprint density at radius 3 is 1.33 bits per heavy atom. The number of hydrogen-bond donors (Lipinski definition) is 2. The summed E-state index contributed by atoms with van der Waals surface area (Å²) in [6.07, 6.45) is 0. The molecule has 0 bridgehead atoms. The molecule has 0 aromatic heterocycles. The van der Waals surface area contributed by atoms with Gasteiger partial charge >= 0.3 is 0 Å². The Labute approximate surface area is 175 Å². The molecule has 4 aromatic rings. The number of carbonyl (C=O) groups excluding carboxylic acids is 2. The van der Waals surface area contributed by atoms with Crippen LogP contribution in [0.25, 0.3) is 10.8 Å². The topological polar surface area (TPSA) is 58.2 Å². The summed E-state index contributed by atoms with van der Waals surface area (Å²) in [7, 11) is 0. The third-order valence-electron chi connectivity index (χ3n) is 5.20. The third-order valence-corrected chi connectivity index (χ3v) is 5.20. The van der Waals surface area contributed by atoms with Crippen LogP contribution in [0.5, 0.6) is 0 Å². The van der Waals surface area contributed by atoms with Gasteiger partial charge < -0.3 is 10.6 Å². The van der Waals surface area contributed by atoms with Crippen molar-refractivity contribution in [1.82, 2.24) is 0 Å². The van der Waals surface area contributed by atoms with Gasteiger partial charge in [0.1, 0.15) is 0 Å². The van der Waals surface area contributed by atoms with Crippen LogP contribution in [0.2, 0.25) is 0 Å². The molecule has 0 aliphatic rings. The van der Waals surface area contributed by atoms with E-state index in [2.05, 4.69) is 10.6 Å². The Balaban J connectivity index is 1.67. The lowest BCUT2D eigenvalue weighted by Crippen LogP contribution is -2.14. The van der Waals surface area contributed by atoms with Gasteiger partial charge in [-0.25, -0.2) is 0 Å². The standard InChI is InChI=1S/C26H22N2O2/c1-17-9-3-5-11-19(17)25(29)27-23-15-7-14-22-21(23)13-8-16-24(22)28-26(30)20-12-6-4-10-18(20)2/h3-16H,1-2H3,(H,27,29)(H,28,30). The first kappa shape index (κ1) is 19.4. The first-order valence-corrected chi connectivity index (χ1v) is 9.80. The van der Waals surface area contributed by atoms with Crippen molar-refractivity contribution >= 4 is 34.0 Å². The maximum absolute atomic E-state index is 12.8. The fourth-order valence-corrected chi connectivity index (χ4v) is 3.56. The van der Waals surface area contributed by atoms with Crippen molar-refractivity contribution in [3.05, 3.63) is 107 Å². The highest BCUT2D eigenvalue weighted by Crippen LogP contribution is 2.30. The molecule has 0 heterocycles. The second-order valence-corrected chi connectivity index (χ2v) is 7.24. The van der Waals surface area contributed by atoms with Crippen molar-refractivity contribution in [1.29, 1.82) is 0 Å². The van der Waals surface area contributed by atoms with Crippen molar-refractivity contribution in [2.45, 2.75) is 13.8 Å². The van der Waals surface area contributed by atoms with E-state index in [1.807, 2.05) is 98.8 Å². The molecule has 0 radical (unpaired) electrons. The summed E-state index contributed by atoms with van der Waals surface area (Å²) in [6, 6.07) is 26.3. The molecule has 4 heteroatoms. The molecule has 0 fully saturated rings. The summed E-state index contributed by atoms with van der Waals surface area (Å²) in [5, 5.41) is 7.75. The van der Waals surface area contributed by atoms with E-state index in [0.717, 1.165) is 21.9 Å². The number of rotatable bonds is 4. The van der Waals surface area contributed by atoms with Gasteiger partial charge in [0.05, 0.1) is 0 Å². The molecule has 30 heavy (non-hydrogen) atoms. The van der Waals surface area contributed by atoms with E-state index in [9.17, 15) is 9.59 Å². The van der Waals surface area contributed by atoms with Crippen molar-refractivity contribution in [3.63, 3.8) is 0 Å². The Morgan fingerprint density at radius 2 is 0.933 bits per heavy atom. The zero-order valence-electron chi connectivity index (χ0n) is 16.9. The predicted octanol–water partition coefficient (Wildman–Crippen LogP) is 5.96. The van der Waals surface area contributed by atoms with Crippen LogP contribution in [0.4, 0.5) is 11.4 Å². The Hall–Kier alpha value is -3.92. The summed E-state index contributed by atoms with van der Waals surface area (Å²) in [5.74, 6) is -0.315.